The zero-order valence-corrected chi connectivity index (χ0v) is 20.7. The highest BCUT2D eigenvalue weighted by atomic mass is 16.5. The average molecular weight is 447 g/mol. The lowest BCUT2D eigenvalue weighted by Gasteiger charge is -2.62. The fourth-order valence-corrected chi connectivity index (χ4v) is 8.97. The Kier molecular flexibility index (Phi) is 6.50. The largest absolute Gasteiger partial charge is 0.469 e. The second-order valence-corrected chi connectivity index (χ2v) is 11.9. The van der Waals surface area contributed by atoms with Crippen LogP contribution in [0.15, 0.2) is 0 Å². The van der Waals surface area contributed by atoms with Crippen molar-refractivity contribution in [1.82, 2.24) is 0 Å². The summed E-state index contributed by atoms with van der Waals surface area (Å²) in [6, 6.07) is 0. The maximum Gasteiger partial charge on any atom is 0.305 e. The molecule has 0 radical (unpaired) electrons. The third-order valence-corrected chi connectivity index (χ3v) is 10.7. The second kappa shape index (κ2) is 8.76. The summed E-state index contributed by atoms with van der Waals surface area (Å²) in [6.07, 6.45) is 9.27. The van der Waals surface area contributed by atoms with Gasteiger partial charge in [-0.3, -0.25) is 14.4 Å². The van der Waals surface area contributed by atoms with Crippen molar-refractivity contribution in [3.8, 4) is 0 Å². The number of esters is 2. The summed E-state index contributed by atoms with van der Waals surface area (Å²) in [4.78, 5) is 36.2. The van der Waals surface area contributed by atoms with Gasteiger partial charge in [0.1, 0.15) is 11.9 Å². The Labute approximate surface area is 193 Å². The topological polar surface area (TPSA) is 69.7 Å². The monoisotopic (exact) mass is 446 g/mol. The lowest BCUT2D eigenvalue weighted by molar-refractivity contribution is -0.193. The van der Waals surface area contributed by atoms with Gasteiger partial charge in [0.05, 0.1) is 7.11 Å². The van der Waals surface area contributed by atoms with Gasteiger partial charge >= 0.3 is 11.9 Å². The Hall–Kier alpha value is -1.39. The van der Waals surface area contributed by atoms with E-state index in [-0.39, 0.29) is 28.9 Å². The molecule has 4 rings (SSSR count). The number of ether oxygens (including phenoxy) is 2. The van der Waals surface area contributed by atoms with Crippen LogP contribution in [0.3, 0.4) is 0 Å². The molecule has 180 valence electrons. The summed E-state index contributed by atoms with van der Waals surface area (Å²) in [6.45, 7) is 8.62. The normalized spacial score (nSPS) is 44.1. The van der Waals surface area contributed by atoms with E-state index in [2.05, 4.69) is 20.8 Å². The Morgan fingerprint density at radius 3 is 2.56 bits per heavy atom. The van der Waals surface area contributed by atoms with Gasteiger partial charge in [0.25, 0.3) is 0 Å². The van der Waals surface area contributed by atoms with Crippen molar-refractivity contribution in [2.75, 3.05) is 7.11 Å². The molecular weight excluding hydrogens is 404 g/mol. The van der Waals surface area contributed by atoms with Crippen LogP contribution in [0.5, 0.6) is 0 Å². The Morgan fingerprint density at radius 2 is 1.88 bits per heavy atom. The molecule has 5 nitrogen and oxygen atoms in total. The van der Waals surface area contributed by atoms with Crippen LogP contribution >= 0.6 is 0 Å². The third kappa shape index (κ3) is 3.81. The molecule has 5 heteroatoms. The molecule has 4 aliphatic carbocycles. The fraction of sp³-hybridized carbons (Fsp3) is 0.889. The van der Waals surface area contributed by atoms with Crippen LogP contribution in [0.2, 0.25) is 0 Å². The van der Waals surface area contributed by atoms with Crippen molar-refractivity contribution in [1.29, 1.82) is 0 Å². The van der Waals surface area contributed by atoms with Gasteiger partial charge in [-0.2, -0.15) is 0 Å². The molecular formula is C27H42O5. The minimum atomic E-state index is -0.183. The van der Waals surface area contributed by atoms with E-state index in [4.69, 9.17) is 9.47 Å². The second-order valence-electron chi connectivity index (χ2n) is 11.9. The maximum absolute atomic E-state index is 12.2. The highest BCUT2D eigenvalue weighted by molar-refractivity contribution is 5.79. The third-order valence-electron chi connectivity index (χ3n) is 10.7. The zero-order chi connectivity index (χ0) is 23.3. The first kappa shape index (κ1) is 23.8. The van der Waals surface area contributed by atoms with E-state index < -0.39 is 0 Å². The maximum atomic E-state index is 12.2. The minimum absolute atomic E-state index is 0.0456. The van der Waals surface area contributed by atoms with Crippen LogP contribution in [-0.2, 0) is 23.9 Å². The van der Waals surface area contributed by atoms with Gasteiger partial charge in [-0.1, -0.05) is 20.8 Å². The van der Waals surface area contributed by atoms with Crippen LogP contribution in [0.4, 0.5) is 0 Å². The number of ketones is 1. The number of carbonyl (C=O) groups is 3. The number of hydrogen-bond acceptors (Lipinski definition) is 5. The van der Waals surface area contributed by atoms with Crippen molar-refractivity contribution in [2.24, 2.45) is 46.3 Å². The predicted molar refractivity (Wildman–Crippen MR) is 122 cm³/mol. The van der Waals surface area contributed by atoms with Crippen LogP contribution in [0.25, 0.3) is 0 Å². The lowest BCUT2D eigenvalue weighted by Crippen LogP contribution is -2.59. The number of rotatable bonds is 5. The molecule has 0 saturated heterocycles. The molecule has 4 aliphatic rings. The fourth-order valence-electron chi connectivity index (χ4n) is 8.97. The Balaban J connectivity index is 1.62. The molecule has 32 heavy (non-hydrogen) atoms. The van der Waals surface area contributed by atoms with E-state index >= 15 is 0 Å². The standard InChI is InChI=1S/C27H42O5/c1-16(6-11-25(30)31-5)21-9-10-22-20-8-7-18-14-19(29)12-13-26(18,3)23(20)15-24(27(21,22)4)32-17(2)28/h16,18,20-24H,6-15H2,1-5H3/t16-,18+,20+,21-,22+,23+,24+,26+,27-/m1/s1. The molecule has 0 aromatic carbocycles. The predicted octanol–water partition coefficient (Wildman–Crippen LogP) is 5.35. The number of Topliss-reactive ketones (excluding diaryl/α,β-unsaturated/α-hetero) is 1. The first-order valence-electron chi connectivity index (χ1n) is 12.9. The van der Waals surface area contributed by atoms with Crippen LogP contribution in [0, 0.1) is 46.3 Å². The molecule has 0 unspecified atom stereocenters. The molecule has 4 saturated carbocycles. The molecule has 0 spiro atoms. The SMILES string of the molecule is COC(=O)CC[C@@H](C)[C@H]1CC[C@H]2[C@@H]3CC[C@H]4CC(=O)CC[C@]4(C)[C@H]3C[C@H](OC(C)=O)[C@]12C. The first-order chi connectivity index (χ1) is 15.1. The average Bonchev–Trinajstić information content (AvgIpc) is 3.11. The summed E-state index contributed by atoms with van der Waals surface area (Å²) in [5, 5.41) is 0. The highest BCUT2D eigenvalue weighted by Gasteiger charge is 2.64. The van der Waals surface area contributed by atoms with Gasteiger partial charge in [-0.15, -0.1) is 0 Å². The summed E-state index contributed by atoms with van der Waals surface area (Å²) in [5.74, 6) is 3.16. The molecule has 0 aromatic rings. The summed E-state index contributed by atoms with van der Waals surface area (Å²) in [5.41, 5.74) is 0.140. The molecule has 0 N–H and O–H groups in total. The van der Waals surface area contributed by atoms with Crippen molar-refractivity contribution in [2.45, 2.75) is 98.0 Å². The van der Waals surface area contributed by atoms with E-state index in [0.29, 0.717) is 54.1 Å². The van der Waals surface area contributed by atoms with Crippen LogP contribution in [-0.4, -0.2) is 30.9 Å². The van der Waals surface area contributed by atoms with E-state index in [0.717, 1.165) is 38.5 Å². The molecule has 0 heterocycles. The number of fused-ring (bicyclic) bond motifs is 5. The molecule has 9 atom stereocenters. The van der Waals surface area contributed by atoms with Crippen molar-refractivity contribution in [3.05, 3.63) is 0 Å². The number of hydrogen-bond donors (Lipinski definition) is 0. The van der Waals surface area contributed by atoms with Gasteiger partial charge < -0.3 is 9.47 Å². The molecule has 0 bridgehead atoms. The van der Waals surface area contributed by atoms with Crippen molar-refractivity contribution < 1.29 is 23.9 Å². The number of methoxy groups -OCH3 is 1. The lowest BCUT2D eigenvalue weighted by atomic mass is 9.43. The van der Waals surface area contributed by atoms with E-state index in [1.807, 2.05) is 0 Å². The molecule has 0 aromatic heterocycles. The molecule has 0 aliphatic heterocycles. The van der Waals surface area contributed by atoms with E-state index in [9.17, 15) is 14.4 Å². The van der Waals surface area contributed by atoms with Crippen LogP contribution < -0.4 is 0 Å². The van der Waals surface area contributed by atoms with Crippen LogP contribution in [0.1, 0.15) is 91.9 Å². The zero-order valence-electron chi connectivity index (χ0n) is 20.7. The number of carbonyl (C=O) groups excluding carboxylic acids is 3. The molecule has 4 fully saturated rings. The smallest absolute Gasteiger partial charge is 0.305 e. The van der Waals surface area contributed by atoms with Crippen molar-refractivity contribution >= 4 is 17.7 Å². The van der Waals surface area contributed by atoms with Gasteiger partial charge in [0.15, 0.2) is 0 Å². The Morgan fingerprint density at radius 1 is 1.12 bits per heavy atom. The van der Waals surface area contributed by atoms with E-state index in [1.54, 1.807) is 6.92 Å². The van der Waals surface area contributed by atoms with Gasteiger partial charge in [-0.05, 0) is 85.9 Å². The molecule has 0 amide bonds. The summed E-state index contributed by atoms with van der Waals surface area (Å²) in [7, 11) is 1.45. The quantitative estimate of drug-likeness (QED) is 0.533. The summed E-state index contributed by atoms with van der Waals surface area (Å²) >= 11 is 0. The summed E-state index contributed by atoms with van der Waals surface area (Å²) < 4.78 is 11.0. The van der Waals surface area contributed by atoms with Gasteiger partial charge in [0, 0.05) is 31.6 Å². The first-order valence-corrected chi connectivity index (χ1v) is 12.9. The highest BCUT2D eigenvalue weighted by Crippen LogP contribution is 2.68. The Bertz CT molecular complexity index is 761. The van der Waals surface area contributed by atoms with Crippen molar-refractivity contribution in [3.63, 3.8) is 0 Å². The van der Waals surface area contributed by atoms with Gasteiger partial charge in [-0.25, -0.2) is 0 Å². The minimum Gasteiger partial charge on any atom is -0.469 e. The van der Waals surface area contributed by atoms with E-state index in [1.165, 1.54) is 20.0 Å². The van der Waals surface area contributed by atoms with Gasteiger partial charge in [0.2, 0.25) is 0 Å².